The number of pyridine rings is 1. The molecule has 0 spiro atoms. The van der Waals surface area contributed by atoms with Crippen LogP contribution in [0.15, 0.2) is 54.4 Å². The van der Waals surface area contributed by atoms with Crippen molar-refractivity contribution in [3.63, 3.8) is 0 Å². The van der Waals surface area contributed by atoms with Gasteiger partial charge < -0.3 is 15.0 Å². The summed E-state index contributed by atoms with van der Waals surface area (Å²) in [6, 6.07) is 11.6. The van der Waals surface area contributed by atoms with Crippen molar-refractivity contribution in [2.45, 2.75) is 18.9 Å². The van der Waals surface area contributed by atoms with Crippen LogP contribution in [0.1, 0.15) is 29.0 Å². The second-order valence-electron chi connectivity index (χ2n) is 6.49. The Balaban J connectivity index is 1.70. The number of rotatable bonds is 4. The molecule has 2 aromatic heterocycles. The number of methoxy groups -OCH3 is 1. The summed E-state index contributed by atoms with van der Waals surface area (Å²) in [6.07, 6.45) is 5.54. The Morgan fingerprint density at radius 2 is 2.07 bits per heavy atom. The van der Waals surface area contributed by atoms with E-state index in [2.05, 4.69) is 15.3 Å². The highest BCUT2D eigenvalue weighted by Gasteiger charge is 2.30. The molecule has 1 aliphatic carbocycles. The van der Waals surface area contributed by atoms with Gasteiger partial charge in [0.1, 0.15) is 5.65 Å². The van der Waals surface area contributed by atoms with Crippen LogP contribution in [0.3, 0.4) is 0 Å². The lowest BCUT2D eigenvalue weighted by Crippen LogP contribution is -2.29. The minimum absolute atomic E-state index is 0.129. The topological polar surface area (TPSA) is 84.1 Å². The predicted octanol–water partition coefficient (Wildman–Crippen LogP) is 2.92. The van der Waals surface area contributed by atoms with E-state index in [1.807, 2.05) is 36.4 Å². The third-order valence-electron chi connectivity index (χ3n) is 4.84. The number of amides is 1. The van der Waals surface area contributed by atoms with Gasteiger partial charge in [0.25, 0.3) is 0 Å². The summed E-state index contributed by atoms with van der Waals surface area (Å²) in [5, 5.41) is 3.86. The van der Waals surface area contributed by atoms with E-state index in [1.54, 1.807) is 18.5 Å². The van der Waals surface area contributed by atoms with Crippen LogP contribution in [0.5, 0.6) is 0 Å². The minimum Gasteiger partial charge on any atom is -0.466 e. The Labute approximate surface area is 156 Å². The number of aromatic amines is 1. The van der Waals surface area contributed by atoms with Crippen molar-refractivity contribution < 1.29 is 14.3 Å². The number of benzene rings is 1. The number of ether oxygens (including phenoxy) is 1. The molecule has 3 aromatic rings. The Morgan fingerprint density at radius 3 is 2.85 bits per heavy atom. The van der Waals surface area contributed by atoms with Gasteiger partial charge in [-0.2, -0.15) is 0 Å². The number of aromatic nitrogens is 2. The van der Waals surface area contributed by atoms with E-state index < -0.39 is 11.9 Å². The molecule has 136 valence electrons. The van der Waals surface area contributed by atoms with Crippen molar-refractivity contribution in [1.82, 2.24) is 15.3 Å². The molecule has 1 atom stereocenters. The maximum Gasteiger partial charge on any atom is 0.333 e. The standard InChI is InChI=1S/C21H19N3O3/c1-27-21(26)14-9-15-12-23-19-18(15)16(7-8-22-19)17(10-14)20(25)24-11-13-5-3-2-4-6-13/h2-9,12,17H,10-11H2,1H3,(H,22,23)(H,24,25). The van der Waals surface area contributed by atoms with E-state index in [4.69, 9.17) is 4.74 Å². The zero-order chi connectivity index (χ0) is 18.8. The minimum atomic E-state index is -0.499. The molecule has 0 bridgehead atoms. The SMILES string of the molecule is COC(=O)C1=Cc2c[nH]c3nccc(c23)C(C(=O)NCc2ccccc2)C1. The van der Waals surface area contributed by atoms with Crippen LogP contribution in [0, 0.1) is 0 Å². The molecule has 0 fully saturated rings. The molecule has 1 unspecified atom stereocenters. The highest BCUT2D eigenvalue weighted by Crippen LogP contribution is 2.36. The number of hydrogen-bond donors (Lipinski definition) is 2. The van der Waals surface area contributed by atoms with Gasteiger partial charge in [-0.3, -0.25) is 4.79 Å². The summed E-state index contributed by atoms with van der Waals surface area (Å²) in [6.45, 7) is 0.432. The molecule has 2 heterocycles. The van der Waals surface area contributed by atoms with Crippen molar-refractivity contribution >= 4 is 29.0 Å². The highest BCUT2D eigenvalue weighted by molar-refractivity contribution is 6.03. The van der Waals surface area contributed by atoms with Gasteiger partial charge in [-0.05, 0) is 29.7 Å². The first-order valence-corrected chi connectivity index (χ1v) is 8.74. The summed E-state index contributed by atoms with van der Waals surface area (Å²) < 4.78 is 4.91. The largest absolute Gasteiger partial charge is 0.466 e. The fourth-order valence-corrected chi connectivity index (χ4v) is 3.50. The lowest BCUT2D eigenvalue weighted by molar-refractivity contribution is -0.136. The molecule has 4 rings (SSSR count). The molecule has 1 aliphatic rings. The summed E-state index contributed by atoms with van der Waals surface area (Å²) in [5.41, 5.74) is 3.88. The zero-order valence-corrected chi connectivity index (χ0v) is 14.9. The number of esters is 1. The lowest BCUT2D eigenvalue weighted by atomic mass is 9.91. The molecule has 1 amide bonds. The van der Waals surface area contributed by atoms with Crippen LogP contribution in [-0.4, -0.2) is 29.0 Å². The summed E-state index contributed by atoms with van der Waals surface area (Å²) in [7, 11) is 1.35. The first-order chi connectivity index (χ1) is 13.2. The Bertz CT molecular complexity index is 1040. The highest BCUT2D eigenvalue weighted by atomic mass is 16.5. The van der Waals surface area contributed by atoms with Gasteiger partial charge >= 0.3 is 5.97 Å². The maximum atomic E-state index is 13.0. The molecule has 0 aliphatic heterocycles. The van der Waals surface area contributed by atoms with Crippen LogP contribution < -0.4 is 5.32 Å². The molecule has 2 N–H and O–H groups in total. The van der Waals surface area contributed by atoms with Gasteiger partial charge in [-0.15, -0.1) is 0 Å². The Hall–Kier alpha value is -3.41. The molecule has 0 saturated heterocycles. The van der Waals surface area contributed by atoms with E-state index in [9.17, 15) is 9.59 Å². The van der Waals surface area contributed by atoms with E-state index in [-0.39, 0.29) is 12.3 Å². The summed E-state index contributed by atoms with van der Waals surface area (Å²) in [5.74, 6) is -1.05. The zero-order valence-electron chi connectivity index (χ0n) is 14.9. The number of nitrogens with one attached hydrogen (secondary N) is 2. The molecule has 6 nitrogen and oxygen atoms in total. The number of hydrogen-bond acceptors (Lipinski definition) is 4. The third kappa shape index (κ3) is 3.21. The van der Waals surface area contributed by atoms with Crippen molar-refractivity contribution in [2.75, 3.05) is 7.11 Å². The van der Waals surface area contributed by atoms with Gasteiger partial charge in [-0.1, -0.05) is 30.3 Å². The molecular formula is C21H19N3O3. The van der Waals surface area contributed by atoms with E-state index in [0.29, 0.717) is 17.8 Å². The number of carbonyl (C=O) groups is 2. The Morgan fingerprint density at radius 1 is 1.26 bits per heavy atom. The maximum absolute atomic E-state index is 13.0. The van der Waals surface area contributed by atoms with Gasteiger partial charge in [0, 0.05) is 35.5 Å². The van der Waals surface area contributed by atoms with Gasteiger partial charge in [0.05, 0.1) is 13.0 Å². The number of nitrogens with zero attached hydrogens (tertiary/aromatic N) is 1. The van der Waals surface area contributed by atoms with Gasteiger partial charge in [-0.25, -0.2) is 9.78 Å². The molecule has 1 aromatic carbocycles. The van der Waals surface area contributed by atoms with Gasteiger partial charge in [0.2, 0.25) is 5.91 Å². The van der Waals surface area contributed by atoms with Crippen LogP contribution in [0.2, 0.25) is 0 Å². The summed E-state index contributed by atoms with van der Waals surface area (Å²) >= 11 is 0. The molecule has 0 radical (unpaired) electrons. The van der Waals surface area contributed by atoms with Crippen molar-refractivity contribution in [2.24, 2.45) is 0 Å². The summed E-state index contributed by atoms with van der Waals surface area (Å²) in [4.78, 5) is 32.7. The average Bonchev–Trinajstić information content (AvgIpc) is 3.04. The van der Waals surface area contributed by atoms with Crippen LogP contribution in [-0.2, 0) is 20.9 Å². The fraction of sp³-hybridized carbons (Fsp3) is 0.190. The van der Waals surface area contributed by atoms with E-state index in [0.717, 1.165) is 22.1 Å². The van der Waals surface area contributed by atoms with E-state index in [1.165, 1.54) is 7.11 Å². The normalized spacial score (nSPS) is 15.7. The molecule has 27 heavy (non-hydrogen) atoms. The molecule has 6 heteroatoms. The van der Waals surface area contributed by atoms with Crippen molar-refractivity contribution in [3.05, 3.63) is 71.1 Å². The second kappa shape index (κ2) is 7.07. The first-order valence-electron chi connectivity index (χ1n) is 8.74. The van der Waals surface area contributed by atoms with Gasteiger partial charge in [0.15, 0.2) is 0 Å². The predicted molar refractivity (Wildman–Crippen MR) is 102 cm³/mol. The fourth-order valence-electron chi connectivity index (χ4n) is 3.50. The van der Waals surface area contributed by atoms with Crippen LogP contribution >= 0.6 is 0 Å². The average molecular weight is 361 g/mol. The monoisotopic (exact) mass is 361 g/mol. The second-order valence-corrected chi connectivity index (χ2v) is 6.49. The molecule has 0 saturated carbocycles. The van der Waals surface area contributed by atoms with Crippen molar-refractivity contribution in [1.29, 1.82) is 0 Å². The lowest BCUT2D eigenvalue weighted by Gasteiger charge is -2.18. The van der Waals surface area contributed by atoms with E-state index >= 15 is 0 Å². The third-order valence-corrected chi connectivity index (χ3v) is 4.84. The van der Waals surface area contributed by atoms with Crippen molar-refractivity contribution in [3.8, 4) is 0 Å². The quantitative estimate of drug-likeness (QED) is 0.700. The first kappa shape index (κ1) is 17.0. The van der Waals surface area contributed by atoms with Crippen LogP contribution in [0.4, 0.5) is 0 Å². The number of H-pyrrole nitrogens is 1. The van der Waals surface area contributed by atoms with Crippen LogP contribution in [0.25, 0.3) is 17.1 Å². The molecular weight excluding hydrogens is 342 g/mol. The Kier molecular flexibility index (Phi) is 4.46. The smallest absolute Gasteiger partial charge is 0.333 e. The number of carbonyl (C=O) groups excluding carboxylic acids is 2.